The van der Waals surface area contributed by atoms with Crippen molar-refractivity contribution in [3.8, 4) is 0 Å². The van der Waals surface area contributed by atoms with Gasteiger partial charge in [-0.1, -0.05) is 47.1 Å². The van der Waals surface area contributed by atoms with Crippen LogP contribution >= 0.6 is 15.9 Å². The molecule has 0 aliphatic heterocycles. The van der Waals surface area contributed by atoms with Crippen LogP contribution in [0.5, 0.6) is 0 Å². The van der Waals surface area contributed by atoms with Crippen LogP contribution in [0.25, 0.3) is 0 Å². The molecule has 0 fully saturated rings. The first kappa shape index (κ1) is 14.7. The van der Waals surface area contributed by atoms with Crippen LogP contribution in [0.2, 0.25) is 0 Å². The van der Waals surface area contributed by atoms with Crippen molar-refractivity contribution in [1.29, 1.82) is 0 Å². The van der Waals surface area contributed by atoms with Gasteiger partial charge in [0.15, 0.2) is 0 Å². The minimum atomic E-state index is -0.213. The van der Waals surface area contributed by atoms with Crippen LogP contribution in [0.4, 0.5) is 4.39 Å². The average Bonchev–Trinajstić information content (AvgIpc) is 2.93. The molecule has 0 bridgehead atoms. The minimum absolute atomic E-state index is 0.0934. The second-order valence-electron chi connectivity index (χ2n) is 5.54. The predicted octanol–water partition coefficient (Wildman–Crippen LogP) is 4.78. The zero-order chi connectivity index (χ0) is 14.8. The first-order chi connectivity index (χ1) is 10.2. The molecule has 0 aromatic heterocycles. The van der Waals surface area contributed by atoms with Crippen molar-refractivity contribution in [3.05, 3.63) is 68.9 Å². The molecular formula is C18H19BrFN. The van der Waals surface area contributed by atoms with Crippen LogP contribution in [-0.4, -0.2) is 6.54 Å². The van der Waals surface area contributed by atoms with Gasteiger partial charge in [0.1, 0.15) is 5.82 Å². The molecule has 0 amide bonds. The fourth-order valence-electron chi connectivity index (χ4n) is 3.12. The minimum Gasteiger partial charge on any atom is -0.306 e. The van der Waals surface area contributed by atoms with E-state index in [2.05, 4.69) is 46.4 Å². The Morgan fingerprint density at radius 2 is 1.95 bits per heavy atom. The standard InChI is InChI=1S/C18H19BrFN/c1-2-21-18(16-9-8-15(20)11-17(16)19)14-7-6-12-4-3-5-13(12)10-14/h6-11,18,21H,2-5H2,1H3. The molecule has 0 radical (unpaired) electrons. The Morgan fingerprint density at radius 1 is 1.14 bits per heavy atom. The maximum absolute atomic E-state index is 13.3. The molecule has 0 saturated carbocycles. The molecule has 1 unspecified atom stereocenters. The third kappa shape index (κ3) is 3.04. The van der Waals surface area contributed by atoms with E-state index in [4.69, 9.17) is 0 Å². The van der Waals surface area contributed by atoms with E-state index >= 15 is 0 Å². The van der Waals surface area contributed by atoms with Gasteiger partial charge in [0, 0.05) is 4.47 Å². The van der Waals surface area contributed by atoms with Gasteiger partial charge in [-0.15, -0.1) is 0 Å². The van der Waals surface area contributed by atoms with Gasteiger partial charge in [-0.3, -0.25) is 0 Å². The first-order valence-corrected chi connectivity index (χ1v) is 8.28. The number of hydrogen-bond donors (Lipinski definition) is 1. The van der Waals surface area contributed by atoms with Gasteiger partial charge in [0.25, 0.3) is 0 Å². The molecule has 110 valence electrons. The summed E-state index contributed by atoms with van der Waals surface area (Å²) >= 11 is 3.50. The molecule has 0 heterocycles. The second kappa shape index (κ2) is 6.29. The Kier molecular flexibility index (Phi) is 4.41. The van der Waals surface area contributed by atoms with E-state index in [0.717, 1.165) is 16.6 Å². The summed E-state index contributed by atoms with van der Waals surface area (Å²) in [6.07, 6.45) is 3.62. The van der Waals surface area contributed by atoms with E-state index < -0.39 is 0 Å². The van der Waals surface area contributed by atoms with Crippen molar-refractivity contribution >= 4 is 15.9 Å². The normalized spacial score (nSPS) is 15.0. The Labute approximate surface area is 133 Å². The monoisotopic (exact) mass is 347 g/mol. The van der Waals surface area contributed by atoms with Gasteiger partial charge in [0.05, 0.1) is 6.04 Å². The fourth-order valence-corrected chi connectivity index (χ4v) is 3.70. The van der Waals surface area contributed by atoms with Gasteiger partial charge in [0.2, 0.25) is 0 Å². The maximum Gasteiger partial charge on any atom is 0.124 e. The zero-order valence-corrected chi connectivity index (χ0v) is 13.7. The van der Waals surface area contributed by atoms with Crippen molar-refractivity contribution in [2.75, 3.05) is 6.54 Å². The van der Waals surface area contributed by atoms with Gasteiger partial charge >= 0.3 is 0 Å². The van der Waals surface area contributed by atoms with Crippen molar-refractivity contribution in [2.24, 2.45) is 0 Å². The number of benzene rings is 2. The van der Waals surface area contributed by atoms with Crippen LogP contribution in [0, 0.1) is 5.82 Å². The van der Waals surface area contributed by atoms with Crippen LogP contribution < -0.4 is 5.32 Å². The molecule has 2 aromatic rings. The molecule has 0 spiro atoms. The van der Waals surface area contributed by atoms with Crippen LogP contribution in [-0.2, 0) is 12.8 Å². The van der Waals surface area contributed by atoms with Crippen LogP contribution in [0.15, 0.2) is 40.9 Å². The summed E-state index contributed by atoms with van der Waals surface area (Å²) in [7, 11) is 0. The van der Waals surface area contributed by atoms with Crippen LogP contribution in [0.3, 0.4) is 0 Å². The SMILES string of the molecule is CCNC(c1ccc2c(c1)CCC2)c1ccc(F)cc1Br. The summed E-state index contributed by atoms with van der Waals surface area (Å²) in [6, 6.07) is 11.8. The van der Waals surface area contributed by atoms with E-state index in [1.165, 1.54) is 48.1 Å². The number of rotatable bonds is 4. The van der Waals surface area contributed by atoms with E-state index in [1.54, 1.807) is 0 Å². The van der Waals surface area contributed by atoms with Gasteiger partial charge < -0.3 is 5.32 Å². The summed E-state index contributed by atoms with van der Waals surface area (Å²) in [5, 5.41) is 3.51. The third-order valence-electron chi connectivity index (χ3n) is 4.14. The quantitative estimate of drug-likeness (QED) is 0.839. The van der Waals surface area contributed by atoms with E-state index in [-0.39, 0.29) is 11.9 Å². The highest BCUT2D eigenvalue weighted by atomic mass is 79.9. The highest BCUT2D eigenvalue weighted by Gasteiger charge is 2.19. The molecule has 0 saturated heterocycles. The number of nitrogens with one attached hydrogen (secondary N) is 1. The van der Waals surface area contributed by atoms with Gasteiger partial charge in [-0.05, 0) is 60.2 Å². The summed E-state index contributed by atoms with van der Waals surface area (Å²) in [5.41, 5.74) is 5.28. The third-order valence-corrected chi connectivity index (χ3v) is 4.82. The number of aryl methyl sites for hydroxylation is 2. The zero-order valence-electron chi connectivity index (χ0n) is 12.1. The molecule has 3 heteroatoms. The molecular weight excluding hydrogens is 329 g/mol. The molecule has 1 aliphatic carbocycles. The lowest BCUT2D eigenvalue weighted by Crippen LogP contribution is -2.22. The van der Waals surface area contributed by atoms with E-state index in [1.807, 2.05) is 6.07 Å². The van der Waals surface area contributed by atoms with Gasteiger partial charge in [-0.2, -0.15) is 0 Å². The summed E-state index contributed by atoms with van der Waals surface area (Å²) in [4.78, 5) is 0. The Bertz CT molecular complexity index is 654. The van der Waals surface area contributed by atoms with Crippen LogP contribution in [0.1, 0.15) is 41.6 Å². The van der Waals surface area contributed by atoms with E-state index in [0.29, 0.717) is 0 Å². The average molecular weight is 348 g/mol. The number of hydrogen-bond acceptors (Lipinski definition) is 1. The highest BCUT2D eigenvalue weighted by molar-refractivity contribution is 9.10. The molecule has 3 rings (SSSR count). The fraction of sp³-hybridized carbons (Fsp3) is 0.333. The second-order valence-corrected chi connectivity index (χ2v) is 6.39. The Morgan fingerprint density at radius 3 is 2.71 bits per heavy atom. The molecule has 2 aromatic carbocycles. The molecule has 1 atom stereocenters. The van der Waals surface area contributed by atoms with Crippen molar-refractivity contribution in [3.63, 3.8) is 0 Å². The number of halogens is 2. The largest absolute Gasteiger partial charge is 0.306 e. The smallest absolute Gasteiger partial charge is 0.124 e. The summed E-state index contributed by atoms with van der Waals surface area (Å²) in [5.74, 6) is -0.213. The Balaban J connectivity index is 2.01. The van der Waals surface area contributed by atoms with Crippen molar-refractivity contribution in [2.45, 2.75) is 32.2 Å². The molecule has 21 heavy (non-hydrogen) atoms. The number of fused-ring (bicyclic) bond motifs is 1. The van der Waals surface area contributed by atoms with Crippen molar-refractivity contribution in [1.82, 2.24) is 5.32 Å². The topological polar surface area (TPSA) is 12.0 Å². The predicted molar refractivity (Wildman–Crippen MR) is 88.1 cm³/mol. The van der Waals surface area contributed by atoms with Gasteiger partial charge in [-0.25, -0.2) is 4.39 Å². The van der Waals surface area contributed by atoms with E-state index in [9.17, 15) is 4.39 Å². The summed E-state index contributed by atoms with van der Waals surface area (Å²) in [6.45, 7) is 2.96. The summed E-state index contributed by atoms with van der Waals surface area (Å²) < 4.78 is 14.1. The maximum atomic E-state index is 13.3. The Hall–Kier alpha value is -1.19. The first-order valence-electron chi connectivity index (χ1n) is 7.49. The molecule has 1 aliphatic rings. The lowest BCUT2D eigenvalue weighted by atomic mass is 9.95. The lowest BCUT2D eigenvalue weighted by Gasteiger charge is -2.21. The lowest BCUT2D eigenvalue weighted by molar-refractivity contribution is 0.610. The molecule has 1 nitrogen and oxygen atoms in total. The molecule has 1 N–H and O–H groups in total. The van der Waals surface area contributed by atoms with Crippen molar-refractivity contribution < 1.29 is 4.39 Å². The highest BCUT2D eigenvalue weighted by Crippen LogP contribution is 2.32.